The smallest absolute Gasteiger partial charge is 0.355 e. The summed E-state index contributed by atoms with van der Waals surface area (Å²) in [6.45, 7) is 5.88. The zero-order valence-corrected chi connectivity index (χ0v) is 17.1. The number of piperazine rings is 1. The van der Waals surface area contributed by atoms with Crippen LogP contribution in [-0.2, 0) is 19.2 Å². The van der Waals surface area contributed by atoms with Gasteiger partial charge in [-0.05, 0) is 40.8 Å². The summed E-state index contributed by atoms with van der Waals surface area (Å²) in [5.74, 6) is -1.01. The molecule has 0 radical (unpaired) electrons. The molecule has 0 aliphatic carbocycles. The van der Waals surface area contributed by atoms with Gasteiger partial charge in [-0.1, -0.05) is 0 Å². The van der Waals surface area contributed by atoms with E-state index in [0.717, 1.165) is 6.54 Å². The Morgan fingerprint density at radius 1 is 1.04 bits per heavy atom. The second-order valence-electron chi connectivity index (χ2n) is 7.53. The van der Waals surface area contributed by atoms with Crippen LogP contribution in [0.4, 0.5) is 4.79 Å². The van der Waals surface area contributed by atoms with E-state index in [1.54, 1.807) is 0 Å². The molecular formula is C18H31N5O5. The molecule has 2 fully saturated rings. The van der Waals surface area contributed by atoms with E-state index < -0.39 is 17.9 Å². The van der Waals surface area contributed by atoms with Gasteiger partial charge in [-0.3, -0.25) is 24.2 Å². The minimum absolute atomic E-state index is 0.00665. The Bertz CT molecular complexity index is 597. The van der Waals surface area contributed by atoms with Crippen molar-refractivity contribution in [2.75, 3.05) is 33.7 Å². The van der Waals surface area contributed by atoms with Gasteiger partial charge in [-0.25, -0.2) is 4.79 Å². The first kappa shape index (κ1) is 22.1. The molecule has 10 heteroatoms. The molecule has 158 valence electrons. The molecule has 2 rings (SSSR count). The zero-order valence-electron chi connectivity index (χ0n) is 17.1. The molecule has 4 amide bonds. The molecule has 3 atom stereocenters. The quantitative estimate of drug-likeness (QED) is 0.258. The highest BCUT2D eigenvalue weighted by Gasteiger charge is 2.38. The van der Waals surface area contributed by atoms with Crippen LogP contribution < -0.4 is 10.6 Å². The molecule has 2 aliphatic heterocycles. The van der Waals surface area contributed by atoms with Gasteiger partial charge in [0.05, 0.1) is 0 Å². The van der Waals surface area contributed by atoms with Gasteiger partial charge in [-0.2, -0.15) is 0 Å². The summed E-state index contributed by atoms with van der Waals surface area (Å²) in [5, 5.41) is 5.96. The molecule has 10 nitrogen and oxygen atoms in total. The third-order valence-electron chi connectivity index (χ3n) is 5.44. The van der Waals surface area contributed by atoms with Crippen LogP contribution in [0.5, 0.6) is 0 Å². The molecule has 0 aromatic carbocycles. The Hall–Kier alpha value is -2.20. The number of nitrogens with zero attached hydrogens (tertiary/aromatic N) is 3. The summed E-state index contributed by atoms with van der Waals surface area (Å²) >= 11 is 0. The molecule has 0 aromatic heterocycles. The van der Waals surface area contributed by atoms with Crippen LogP contribution in [0.3, 0.4) is 0 Å². The highest BCUT2D eigenvalue weighted by molar-refractivity contribution is 6.01. The number of hydroxylamine groups is 2. The first-order valence-corrected chi connectivity index (χ1v) is 9.73. The van der Waals surface area contributed by atoms with Crippen molar-refractivity contribution in [1.82, 2.24) is 25.5 Å². The van der Waals surface area contributed by atoms with E-state index in [2.05, 4.69) is 34.3 Å². The molecular weight excluding hydrogens is 376 g/mol. The van der Waals surface area contributed by atoms with Crippen molar-refractivity contribution in [3.63, 3.8) is 0 Å². The van der Waals surface area contributed by atoms with E-state index in [4.69, 9.17) is 4.84 Å². The lowest BCUT2D eigenvalue weighted by Gasteiger charge is -2.46. The number of amides is 4. The van der Waals surface area contributed by atoms with Crippen molar-refractivity contribution in [3.05, 3.63) is 0 Å². The van der Waals surface area contributed by atoms with Crippen molar-refractivity contribution >= 4 is 23.8 Å². The maximum atomic E-state index is 12.5. The minimum Gasteiger partial charge on any atom is -0.355 e. The van der Waals surface area contributed by atoms with E-state index in [1.165, 1.54) is 0 Å². The van der Waals surface area contributed by atoms with Gasteiger partial charge in [0.25, 0.3) is 11.8 Å². The monoisotopic (exact) mass is 407 g/mol. The summed E-state index contributed by atoms with van der Waals surface area (Å²) in [7, 11) is 4.01. The number of hydrogen-bond acceptors (Lipinski definition) is 7. The number of nitrogens with one attached hydrogen (secondary N) is 2. The molecule has 3 unspecified atom stereocenters. The van der Waals surface area contributed by atoms with Crippen LogP contribution in [-0.4, -0.2) is 90.5 Å². The van der Waals surface area contributed by atoms with Gasteiger partial charge in [0, 0.05) is 44.6 Å². The Morgan fingerprint density at radius 2 is 1.61 bits per heavy atom. The number of carbonyl (C=O) groups is 4. The summed E-state index contributed by atoms with van der Waals surface area (Å²) in [4.78, 5) is 55.9. The third-order valence-corrected chi connectivity index (χ3v) is 5.44. The number of hydrogen-bond donors (Lipinski definition) is 2. The highest BCUT2D eigenvalue weighted by atomic mass is 16.8. The molecule has 2 aliphatic rings. The van der Waals surface area contributed by atoms with Crippen LogP contribution in [0.1, 0.15) is 39.5 Å². The predicted molar refractivity (Wildman–Crippen MR) is 101 cm³/mol. The molecule has 0 bridgehead atoms. The van der Waals surface area contributed by atoms with Crippen molar-refractivity contribution in [1.29, 1.82) is 0 Å². The van der Waals surface area contributed by atoms with Crippen LogP contribution >= 0.6 is 0 Å². The third kappa shape index (κ3) is 5.41. The Kier molecular flexibility index (Phi) is 7.76. The fraction of sp³-hybridized carbons (Fsp3) is 0.778. The molecule has 2 heterocycles. The fourth-order valence-electron chi connectivity index (χ4n) is 3.60. The fourth-order valence-corrected chi connectivity index (χ4v) is 3.60. The molecule has 0 spiro atoms. The van der Waals surface area contributed by atoms with Gasteiger partial charge >= 0.3 is 6.09 Å². The average molecular weight is 407 g/mol. The van der Waals surface area contributed by atoms with Crippen molar-refractivity contribution < 1.29 is 24.0 Å². The lowest BCUT2D eigenvalue weighted by Crippen LogP contribution is -2.64. The normalized spacial score (nSPS) is 26.4. The predicted octanol–water partition coefficient (Wildman–Crippen LogP) is -0.304. The van der Waals surface area contributed by atoms with E-state index in [9.17, 15) is 19.2 Å². The Labute approximate surface area is 165 Å². The standard InChI is InChI=1S/C18H31N5O5/c1-12-11-21(3)16(13(2)22(12)4)17(26)19-9-5-6-10-20-18(27)28-23-14(24)7-8-15(23)25/h12-13,16H,5-11H2,1-4H3,(H,19,26)(H,20,27)/i3+1,4+1,5+1,6+1,9+1,10+1,11+1,12+1,18+1,22+1. The van der Waals surface area contributed by atoms with Crippen LogP contribution in [0.25, 0.3) is 0 Å². The van der Waals surface area contributed by atoms with Gasteiger partial charge in [0.2, 0.25) is 5.91 Å². The molecule has 0 saturated carbocycles. The van der Waals surface area contributed by atoms with Crippen molar-refractivity contribution in [3.8, 4) is 0 Å². The summed E-state index contributed by atoms with van der Waals surface area (Å²) in [5.41, 5.74) is 0. The van der Waals surface area contributed by atoms with Gasteiger partial charge in [0.15, 0.2) is 0 Å². The first-order valence-electron chi connectivity index (χ1n) is 9.73. The average Bonchev–Trinajstić information content (AvgIpc) is 2.94. The number of imide groups is 1. The Morgan fingerprint density at radius 3 is 2.21 bits per heavy atom. The molecule has 2 saturated heterocycles. The van der Waals surface area contributed by atoms with E-state index in [1.807, 2.05) is 14.1 Å². The lowest BCUT2D eigenvalue weighted by atomic mass is 10.1. The number of unbranched alkanes of at least 4 members (excludes halogenated alkanes) is 1. The first-order chi connectivity index (χ1) is 13.2. The second-order valence-corrected chi connectivity index (χ2v) is 7.53. The molecule has 2 N–H and O–H groups in total. The Balaban J connectivity index is 1.61. The molecule has 28 heavy (non-hydrogen) atoms. The summed E-state index contributed by atoms with van der Waals surface area (Å²) in [6, 6.07) is 0.340. The maximum absolute atomic E-state index is 12.5. The van der Waals surface area contributed by atoms with Crippen molar-refractivity contribution in [2.45, 2.75) is 57.7 Å². The van der Waals surface area contributed by atoms with Crippen LogP contribution in [0.2, 0.25) is 0 Å². The zero-order chi connectivity index (χ0) is 20.8. The number of carbonyl (C=O) groups excluding carboxylic acids is 4. The maximum Gasteiger partial charge on any atom is 0.432 e. The van der Waals surface area contributed by atoms with Crippen molar-refractivity contribution in [2.24, 2.45) is 0 Å². The summed E-state index contributed by atoms with van der Waals surface area (Å²) < 4.78 is 0. The van der Waals surface area contributed by atoms with Gasteiger partial charge < -0.3 is 15.5 Å². The lowest BCUT2D eigenvalue weighted by molar-refractivity contribution is -0.171. The van der Waals surface area contributed by atoms with E-state index in [-0.39, 0.29) is 30.8 Å². The number of rotatable bonds is 7. The minimum atomic E-state index is -0.831. The van der Waals surface area contributed by atoms with Crippen LogP contribution in [0.15, 0.2) is 0 Å². The molecule has 0 aromatic rings. The van der Waals surface area contributed by atoms with E-state index >= 15 is 0 Å². The summed E-state index contributed by atoms with van der Waals surface area (Å²) in [6.07, 6.45) is 0.613. The highest BCUT2D eigenvalue weighted by Crippen LogP contribution is 2.18. The number of likely N-dealkylation sites (N-methyl/N-ethyl adjacent to an activating group) is 2. The second kappa shape index (κ2) is 9.83. The topological polar surface area (TPSA) is 111 Å². The van der Waals surface area contributed by atoms with E-state index in [0.29, 0.717) is 37.0 Å². The SMILES string of the molecule is CC1C(C(=O)N[13CH2][13CH2][13CH2][13CH2]N[13C](=O)ON2C(=O)CCC2=O)N([13CH3])[13CH2][13CH](C)[15N]1[13CH3]. The van der Waals surface area contributed by atoms with Gasteiger partial charge in [-0.15, -0.1) is 5.06 Å². The van der Waals surface area contributed by atoms with Gasteiger partial charge in [0.1, 0.15) is 6.04 Å². The van der Waals surface area contributed by atoms with Crippen LogP contribution in [0, 0.1) is 0 Å². The largest absolute Gasteiger partial charge is 0.432 e.